The molecule has 0 aromatic heterocycles. The Morgan fingerprint density at radius 1 is 0.909 bits per heavy atom. The number of rotatable bonds is 0. The third-order valence-electron chi connectivity index (χ3n) is 0.731. The highest BCUT2D eigenvalue weighted by molar-refractivity contribution is 5.96. The van der Waals surface area contributed by atoms with Crippen molar-refractivity contribution in [3.63, 3.8) is 0 Å². The molecule has 0 saturated carbocycles. The number of carbonyl (C=O) groups excluding carboxylic acids is 3. The van der Waals surface area contributed by atoms with Gasteiger partial charge in [0.2, 0.25) is 0 Å². The van der Waals surface area contributed by atoms with Crippen LogP contribution in [0.1, 0.15) is 0 Å². The molecule has 58 valence electrons. The van der Waals surface area contributed by atoms with Crippen molar-refractivity contribution < 1.29 is 28.9 Å². The van der Waals surface area contributed by atoms with Crippen molar-refractivity contribution in [3.05, 3.63) is 12.2 Å². The molecule has 0 aliphatic carbocycles. The molecule has 0 spiro atoms. The Morgan fingerprint density at radius 2 is 1.55 bits per heavy atom. The zero-order valence-electron chi connectivity index (χ0n) is 5.10. The highest BCUT2D eigenvalue weighted by Gasteiger charge is 2.15. The molecule has 1 heterocycles. The van der Waals surface area contributed by atoms with Gasteiger partial charge in [-0.05, 0) is 0 Å². The third-order valence-corrected chi connectivity index (χ3v) is 0.731. The van der Waals surface area contributed by atoms with Crippen molar-refractivity contribution in [2.75, 3.05) is 0 Å². The fraction of sp³-hybridized carbons (Fsp3) is 0. The standard InChI is InChI=1S/C5H2O6/c6-3-1-2-4(7)10-11-5(8)9-3/h1-2H/b2-1-. The number of esters is 1. The molecular formula is C5H2O6. The Morgan fingerprint density at radius 3 is 2.27 bits per heavy atom. The summed E-state index contributed by atoms with van der Waals surface area (Å²) in [6.45, 7) is 0. The van der Waals surface area contributed by atoms with Crippen LogP contribution in [-0.4, -0.2) is 18.1 Å². The molecule has 1 aliphatic rings. The number of cyclic esters (lactones) is 2. The highest BCUT2D eigenvalue weighted by atomic mass is 17.2. The van der Waals surface area contributed by atoms with Crippen molar-refractivity contribution in [1.82, 2.24) is 0 Å². The zero-order valence-corrected chi connectivity index (χ0v) is 5.10. The van der Waals surface area contributed by atoms with Gasteiger partial charge in [0, 0.05) is 12.2 Å². The fourth-order valence-electron chi connectivity index (χ4n) is 0.372. The number of hydrogen-bond donors (Lipinski definition) is 0. The van der Waals surface area contributed by atoms with Gasteiger partial charge in [-0.3, -0.25) is 0 Å². The summed E-state index contributed by atoms with van der Waals surface area (Å²) in [5.41, 5.74) is 0. The van der Waals surface area contributed by atoms with Crippen LogP contribution in [0, 0.1) is 0 Å². The number of ether oxygens (including phenoxy) is 1. The second-order valence-corrected chi connectivity index (χ2v) is 1.49. The molecule has 0 unspecified atom stereocenters. The first-order chi connectivity index (χ1) is 5.18. The Hall–Kier alpha value is -1.85. The molecule has 0 aromatic carbocycles. The summed E-state index contributed by atoms with van der Waals surface area (Å²) in [6, 6.07) is 0. The normalized spacial score (nSPS) is 20.5. The van der Waals surface area contributed by atoms with E-state index in [0.29, 0.717) is 0 Å². The largest absolute Gasteiger partial charge is 0.558 e. The lowest BCUT2D eigenvalue weighted by Crippen LogP contribution is -2.17. The summed E-state index contributed by atoms with van der Waals surface area (Å²) in [5, 5.41) is 0. The first-order valence-electron chi connectivity index (χ1n) is 2.51. The van der Waals surface area contributed by atoms with Crippen molar-refractivity contribution >= 4 is 18.1 Å². The summed E-state index contributed by atoms with van der Waals surface area (Å²) in [5.74, 6) is -1.93. The molecule has 0 aromatic rings. The Labute approximate surface area is 60.3 Å². The van der Waals surface area contributed by atoms with E-state index < -0.39 is 18.1 Å². The molecule has 0 amide bonds. The molecular weight excluding hydrogens is 156 g/mol. The molecule has 0 bridgehead atoms. The molecule has 6 nitrogen and oxygen atoms in total. The SMILES string of the molecule is O=C1/C=C\C(=O)OC(=O)OO1. The zero-order chi connectivity index (χ0) is 8.27. The molecule has 0 atom stereocenters. The Bertz CT molecular complexity index is 239. The summed E-state index contributed by atoms with van der Waals surface area (Å²) in [4.78, 5) is 38.4. The van der Waals surface area contributed by atoms with Crippen LogP contribution in [-0.2, 0) is 24.1 Å². The van der Waals surface area contributed by atoms with Gasteiger partial charge in [0.25, 0.3) is 0 Å². The van der Waals surface area contributed by atoms with Gasteiger partial charge in [-0.1, -0.05) is 0 Å². The molecule has 0 saturated heterocycles. The fourth-order valence-corrected chi connectivity index (χ4v) is 0.372. The molecule has 1 aliphatic heterocycles. The van der Waals surface area contributed by atoms with Crippen LogP contribution in [0.2, 0.25) is 0 Å². The molecule has 0 radical (unpaired) electrons. The summed E-state index contributed by atoms with van der Waals surface area (Å²) < 4.78 is 3.88. The van der Waals surface area contributed by atoms with Crippen LogP contribution in [0.5, 0.6) is 0 Å². The monoisotopic (exact) mass is 158 g/mol. The quantitative estimate of drug-likeness (QED) is 0.273. The van der Waals surface area contributed by atoms with Gasteiger partial charge in [0.1, 0.15) is 0 Å². The first kappa shape index (κ1) is 7.26. The number of carbonyl (C=O) groups is 3. The topological polar surface area (TPSA) is 78.9 Å². The van der Waals surface area contributed by atoms with Crippen LogP contribution in [0.15, 0.2) is 12.2 Å². The highest BCUT2D eigenvalue weighted by Crippen LogP contribution is 1.95. The molecule has 0 N–H and O–H groups in total. The second-order valence-electron chi connectivity index (χ2n) is 1.49. The maximum absolute atomic E-state index is 10.4. The first-order valence-corrected chi connectivity index (χ1v) is 2.51. The lowest BCUT2D eigenvalue weighted by molar-refractivity contribution is -0.238. The second kappa shape index (κ2) is 2.82. The van der Waals surface area contributed by atoms with E-state index in [0.717, 1.165) is 12.2 Å². The minimum Gasteiger partial charge on any atom is -0.354 e. The Kier molecular flexibility index (Phi) is 1.86. The van der Waals surface area contributed by atoms with Crippen LogP contribution < -0.4 is 0 Å². The molecule has 11 heavy (non-hydrogen) atoms. The van der Waals surface area contributed by atoms with E-state index >= 15 is 0 Å². The maximum atomic E-state index is 10.4. The van der Waals surface area contributed by atoms with Crippen LogP contribution in [0.3, 0.4) is 0 Å². The van der Waals surface area contributed by atoms with E-state index in [-0.39, 0.29) is 0 Å². The smallest absolute Gasteiger partial charge is 0.354 e. The summed E-state index contributed by atoms with van der Waals surface area (Å²) in [7, 11) is 0. The Balaban J connectivity index is 2.72. The van der Waals surface area contributed by atoms with Crippen LogP contribution >= 0.6 is 0 Å². The maximum Gasteiger partial charge on any atom is 0.558 e. The van der Waals surface area contributed by atoms with E-state index in [1.165, 1.54) is 0 Å². The van der Waals surface area contributed by atoms with E-state index in [1.807, 2.05) is 0 Å². The van der Waals surface area contributed by atoms with Crippen LogP contribution in [0.4, 0.5) is 4.79 Å². The molecule has 1 rings (SSSR count). The van der Waals surface area contributed by atoms with Crippen molar-refractivity contribution in [2.24, 2.45) is 0 Å². The molecule has 6 heteroatoms. The van der Waals surface area contributed by atoms with Gasteiger partial charge >= 0.3 is 18.1 Å². The lowest BCUT2D eigenvalue weighted by Gasteiger charge is -2.01. The minimum atomic E-state index is -1.37. The van der Waals surface area contributed by atoms with E-state index in [9.17, 15) is 14.4 Å². The van der Waals surface area contributed by atoms with Gasteiger partial charge in [-0.2, -0.15) is 4.79 Å². The van der Waals surface area contributed by atoms with Crippen molar-refractivity contribution in [3.8, 4) is 0 Å². The summed E-state index contributed by atoms with van der Waals surface area (Å²) in [6.07, 6.45) is 0.157. The van der Waals surface area contributed by atoms with E-state index in [4.69, 9.17) is 0 Å². The van der Waals surface area contributed by atoms with Crippen molar-refractivity contribution in [1.29, 1.82) is 0 Å². The van der Waals surface area contributed by atoms with Crippen molar-refractivity contribution in [2.45, 2.75) is 0 Å². The minimum absolute atomic E-state index is 0.753. The number of hydrogen-bond acceptors (Lipinski definition) is 6. The summed E-state index contributed by atoms with van der Waals surface area (Å²) >= 11 is 0. The third kappa shape index (κ3) is 2.09. The van der Waals surface area contributed by atoms with Gasteiger partial charge in [-0.15, -0.1) is 0 Å². The van der Waals surface area contributed by atoms with Gasteiger partial charge in [-0.25, -0.2) is 19.4 Å². The lowest BCUT2D eigenvalue weighted by atomic mass is 10.5. The van der Waals surface area contributed by atoms with E-state index in [2.05, 4.69) is 14.5 Å². The van der Waals surface area contributed by atoms with Gasteiger partial charge < -0.3 is 4.74 Å². The average Bonchev–Trinajstić information content (AvgIpc) is 1.95. The molecule has 0 fully saturated rings. The predicted octanol–water partition coefficient (Wildman–Crippen LogP) is -0.306. The van der Waals surface area contributed by atoms with E-state index in [1.54, 1.807) is 0 Å². The van der Waals surface area contributed by atoms with Gasteiger partial charge in [0.05, 0.1) is 0 Å². The predicted molar refractivity (Wildman–Crippen MR) is 27.8 cm³/mol. The van der Waals surface area contributed by atoms with Gasteiger partial charge in [0.15, 0.2) is 0 Å². The van der Waals surface area contributed by atoms with Crippen LogP contribution in [0.25, 0.3) is 0 Å². The average molecular weight is 158 g/mol.